The van der Waals surface area contributed by atoms with E-state index in [0.717, 1.165) is 12.1 Å². The first-order chi connectivity index (χ1) is 17.2. The quantitative estimate of drug-likeness (QED) is 0.633. The fraction of sp³-hybridized carbons (Fsp3) is 0.739. The zero-order chi connectivity index (χ0) is 25.9. The van der Waals surface area contributed by atoms with Crippen molar-refractivity contribution in [2.75, 3.05) is 39.8 Å². The van der Waals surface area contributed by atoms with Gasteiger partial charge in [-0.15, -0.1) is 0 Å². The maximum atomic E-state index is 13.5. The number of hydrogen-bond donors (Lipinski definition) is 1. The first kappa shape index (κ1) is 27.1. The highest BCUT2D eigenvalue weighted by Gasteiger charge is 2.45. The smallest absolute Gasteiger partial charge is 0.416 e. The lowest BCUT2D eigenvalue weighted by Gasteiger charge is -2.34. The van der Waals surface area contributed by atoms with Crippen LogP contribution in [0.3, 0.4) is 0 Å². The number of carbonyl (C=O) groups excluding carboxylic acids is 1. The second kappa shape index (κ2) is 11.6. The van der Waals surface area contributed by atoms with Crippen LogP contribution in [0, 0.1) is 0 Å². The minimum atomic E-state index is -4.53. The second-order valence-electron chi connectivity index (χ2n) is 9.38. The van der Waals surface area contributed by atoms with Crippen molar-refractivity contribution in [3.8, 4) is 5.88 Å². The third kappa shape index (κ3) is 6.48. The summed E-state index contributed by atoms with van der Waals surface area (Å²) in [5, 5.41) is 0. The Morgan fingerprint density at radius 3 is 2.58 bits per heavy atom. The van der Waals surface area contributed by atoms with Crippen LogP contribution in [-0.4, -0.2) is 84.2 Å². The third-order valence-corrected chi connectivity index (χ3v) is 7.57. The number of carbonyl (C=O) groups is 1. The molecule has 1 amide bonds. The van der Waals surface area contributed by atoms with E-state index in [1.807, 2.05) is 0 Å². The number of halogens is 3. The van der Waals surface area contributed by atoms with Crippen LogP contribution < -0.4 is 9.46 Å². The van der Waals surface area contributed by atoms with E-state index in [4.69, 9.17) is 18.9 Å². The van der Waals surface area contributed by atoms with Crippen LogP contribution in [-0.2, 0) is 31.4 Å². The summed E-state index contributed by atoms with van der Waals surface area (Å²) >= 11 is 0. The first-order valence-electron chi connectivity index (χ1n) is 12.0. The molecule has 5 rings (SSSR count). The van der Waals surface area contributed by atoms with Crippen LogP contribution in [0.1, 0.15) is 49.3 Å². The van der Waals surface area contributed by atoms with Gasteiger partial charge in [0.1, 0.15) is 13.2 Å². The van der Waals surface area contributed by atoms with Crippen LogP contribution in [0.5, 0.6) is 5.88 Å². The van der Waals surface area contributed by atoms with Crippen molar-refractivity contribution in [1.29, 1.82) is 0 Å². The van der Waals surface area contributed by atoms with Gasteiger partial charge < -0.3 is 18.9 Å². The molecule has 4 atom stereocenters. The number of aromatic nitrogens is 1. The van der Waals surface area contributed by atoms with E-state index in [1.165, 1.54) is 13.4 Å². The highest BCUT2D eigenvalue weighted by atomic mass is 32.2. The van der Waals surface area contributed by atoms with E-state index in [9.17, 15) is 22.2 Å². The van der Waals surface area contributed by atoms with Crippen LogP contribution in [0.25, 0.3) is 0 Å². The molecule has 1 saturated carbocycles. The summed E-state index contributed by atoms with van der Waals surface area (Å²) in [4.78, 5) is 19.0. The van der Waals surface area contributed by atoms with E-state index in [0.29, 0.717) is 37.8 Å². The topological polar surface area (TPSA) is 99.2 Å². The Balaban J connectivity index is 1.58. The van der Waals surface area contributed by atoms with E-state index in [-0.39, 0.29) is 56.4 Å². The Hall–Kier alpha value is -1.96. The molecule has 0 aromatic carbocycles. The van der Waals surface area contributed by atoms with Crippen LogP contribution in [0.4, 0.5) is 18.0 Å². The second-order valence-corrected chi connectivity index (χ2v) is 10.5. The molecule has 36 heavy (non-hydrogen) atoms. The van der Waals surface area contributed by atoms with Crippen LogP contribution >= 0.6 is 0 Å². The van der Waals surface area contributed by atoms with Crippen molar-refractivity contribution in [1.82, 2.24) is 14.6 Å². The largest absolute Gasteiger partial charge is 0.474 e. The minimum absolute atomic E-state index is 0.109. The lowest BCUT2D eigenvalue weighted by atomic mass is 9.84. The molecule has 4 unspecified atom stereocenters. The number of ether oxygens (including phenoxy) is 4. The summed E-state index contributed by atoms with van der Waals surface area (Å²) in [5.41, 5.74) is -0.463. The molecule has 1 aliphatic carbocycles. The van der Waals surface area contributed by atoms with Crippen molar-refractivity contribution in [2.45, 2.75) is 68.4 Å². The van der Waals surface area contributed by atoms with E-state index in [1.54, 1.807) is 4.90 Å². The standard InChI is InChI=1S/C23H32F3N3O6S/c1-32-12-16-11-19(28-36(2)31)20-13-35-17-5-3-14(4-6-17)18-9-15(23(24,25)26)10-21(27-18)33-7-8-34-22(30)29(16)20/h9-10,14,16-17,19-20,28H,3-8,11-13H2,1-2H3. The SMILES string of the molecule is COCC1CC(NS(C)=O)C2COC3CCC(CC3)c3cc(C(F)(F)F)cc(n3)OCCOC(=O)N12. The van der Waals surface area contributed by atoms with Gasteiger partial charge in [0, 0.05) is 37.1 Å². The first-order valence-corrected chi connectivity index (χ1v) is 13.6. The zero-order valence-corrected chi connectivity index (χ0v) is 21.1. The summed E-state index contributed by atoms with van der Waals surface area (Å²) < 4.78 is 77.9. The van der Waals surface area contributed by atoms with Crippen molar-refractivity contribution in [3.05, 3.63) is 23.4 Å². The number of methoxy groups -OCH3 is 1. The summed E-state index contributed by atoms with van der Waals surface area (Å²) in [6.45, 7) is 0.136. The molecule has 13 heteroatoms. The molecule has 4 aliphatic rings. The third-order valence-electron chi connectivity index (χ3n) is 6.93. The molecule has 0 radical (unpaired) electrons. The highest BCUT2D eigenvalue weighted by Crippen LogP contribution is 2.38. The predicted octanol–water partition coefficient (Wildman–Crippen LogP) is 3.01. The molecule has 0 spiro atoms. The Labute approximate surface area is 210 Å². The number of hydrogen-bond acceptors (Lipinski definition) is 7. The Kier molecular flexibility index (Phi) is 8.74. The molecule has 9 nitrogen and oxygen atoms in total. The summed E-state index contributed by atoms with van der Waals surface area (Å²) in [5.74, 6) is -0.279. The number of nitrogens with zero attached hydrogens (tertiary/aromatic N) is 2. The summed E-state index contributed by atoms with van der Waals surface area (Å²) in [6, 6.07) is 0.946. The molecule has 1 N–H and O–H groups in total. The van der Waals surface area contributed by atoms with Crippen molar-refractivity contribution >= 4 is 17.1 Å². The zero-order valence-electron chi connectivity index (χ0n) is 20.3. The maximum Gasteiger partial charge on any atom is 0.416 e. The Morgan fingerprint density at radius 1 is 1.19 bits per heavy atom. The molecule has 1 aromatic heterocycles. The summed E-state index contributed by atoms with van der Waals surface area (Å²) in [6.07, 6.45) is -0.660. The van der Waals surface area contributed by atoms with E-state index < -0.39 is 34.9 Å². The van der Waals surface area contributed by atoms with Gasteiger partial charge >= 0.3 is 12.3 Å². The molecule has 2 fully saturated rings. The normalized spacial score (nSPS) is 30.4. The minimum Gasteiger partial charge on any atom is -0.474 e. The van der Waals surface area contributed by atoms with Gasteiger partial charge in [0.15, 0.2) is 0 Å². The predicted molar refractivity (Wildman–Crippen MR) is 124 cm³/mol. The van der Waals surface area contributed by atoms with Gasteiger partial charge in [-0.1, -0.05) is 0 Å². The van der Waals surface area contributed by atoms with E-state index >= 15 is 0 Å². The Bertz CT molecular complexity index is 944. The summed E-state index contributed by atoms with van der Waals surface area (Å²) in [7, 11) is 0.238. The number of amides is 1. The van der Waals surface area contributed by atoms with Gasteiger partial charge in [0.25, 0.3) is 0 Å². The van der Waals surface area contributed by atoms with Gasteiger partial charge in [-0.2, -0.15) is 13.2 Å². The number of alkyl halides is 3. The molecule has 4 heterocycles. The van der Waals surface area contributed by atoms with Gasteiger partial charge in [-0.25, -0.2) is 18.7 Å². The molecule has 202 valence electrons. The maximum absolute atomic E-state index is 13.5. The van der Waals surface area contributed by atoms with Gasteiger partial charge in [-0.3, -0.25) is 4.90 Å². The van der Waals surface area contributed by atoms with Crippen molar-refractivity contribution in [3.63, 3.8) is 0 Å². The van der Waals surface area contributed by atoms with Crippen molar-refractivity contribution < 1.29 is 41.1 Å². The molecule has 4 bridgehead atoms. The average molecular weight is 536 g/mol. The average Bonchev–Trinajstić information content (AvgIpc) is 3.15. The van der Waals surface area contributed by atoms with Crippen LogP contribution in [0.15, 0.2) is 12.1 Å². The fourth-order valence-corrected chi connectivity index (χ4v) is 5.95. The number of fused-ring (bicyclic) bond motifs is 7. The molecule has 1 aromatic rings. The highest BCUT2D eigenvalue weighted by molar-refractivity contribution is 7.82. The van der Waals surface area contributed by atoms with Crippen LogP contribution in [0.2, 0.25) is 0 Å². The molecular weight excluding hydrogens is 503 g/mol. The van der Waals surface area contributed by atoms with E-state index in [2.05, 4.69) is 9.71 Å². The Morgan fingerprint density at radius 2 is 1.92 bits per heavy atom. The lowest BCUT2D eigenvalue weighted by Crippen LogP contribution is -2.50. The number of pyridine rings is 1. The van der Waals surface area contributed by atoms with Gasteiger partial charge in [0.05, 0.1) is 48.0 Å². The molecular formula is C23H32F3N3O6S. The van der Waals surface area contributed by atoms with Crippen molar-refractivity contribution in [2.24, 2.45) is 0 Å². The van der Waals surface area contributed by atoms with Gasteiger partial charge in [-0.05, 0) is 38.2 Å². The molecule has 3 aliphatic heterocycles. The number of rotatable bonds is 4. The number of nitrogens with one attached hydrogen (secondary N) is 1. The fourth-order valence-electron chi connectivity index (χ4n) is 5.27. The molecule has 1 saturated heterocycles. The van der Waals surface area contributed by atoms with Gasteiger partial charge in [0.2, 0.25) is 5.88 Å². The lowest BCUT2D eigenvalue weighted by molar-refractivity contribution is -0.137. The monoisotopic (exact) mass is 535 g/mol.